The van der Waals surface area contributed by atoms with Crippen LogP contribution in [-0.2, 0) is 14.9 Å². The van der Waals surface area contributed by atoms with Gasteiger partial charge < -0.3 is 9.80 Å². The summed E-state index contributed by atoms with van der Waals surface area (Å²) < 4.78 is 30.9. The lowest BCUT2D eigenvalue weighted by Crippen LogP contribution is -2.41. The van der Waals surface area contributed by atoms with Gasteiger partial charge in [-0.25, -0.2) is 0 Å². The molecule has 0 heterocycles. The summed E-state index contributed by atoms with van der Waals surface area (Å²) in [5.74, 6) is -0.268. The zero-order chi connectivity index (χ0) is 17.8. The topological polar surface area (TPSA) is 83.5 Å². The number of hydrogen-bond acceptors (Lipinski definition) is 3. The molecule has 0 aromatic heterocycles. The fourth-order valence-corrected chi connectivity index (χ4v) is 2.94. The van der Waals surface area contributed by atoms with Gasteiger partial charge in [-0.3, -0.25) is 9.35 Å². The largest absolute Gasteiger partial charge is 0.353 e. The van der Waals surface area contributed by atoms with Gasteiger partial charge in [0.2, 0.25) is 5.91 Å². The molecule has 0 bridgehead atoms. The summed E-state index contributed by atoms with van der Waals surface area (Å²) in [7, 11) is 0.343. The average Bonchev–Trinajstić information content (AvgIpc) is 2.43. The SMILES string of the molecule is C=CC(=O)NCCCCCCCC[N+](C)(C)CCCS(=O)(=O)O. The van der Waals surface area contributed by atoms with Crippen LogP contribution in [0, 0.1) is 0 Å². The van der Waals surface area contributed by atoms with Gasteiger partial charge in [-0.1, -0.05) is 25.8 Å². The molecule has 0 saturated carbocycles. The zero-order valence-corrected chi connectivity index (χ0v) is 15.4. The van der Waals surface area contributed by atoms with E-state index in [1.165, 1.54) is 25.3 Å². The third kappa shape index (κ3) is 15.7. The Morgan fingerprint density at radius 3 is 2.13 bits per heavy atom. The smallest absolute Gasteiger partial charge is 0.265 e. The molecule has 0 fully saturated rings. The van der Waals surface area contributed by atoms with Crippen molar-refractivity contribution in [1.82, 2.24) is 5.32 Å². The standard InChI is InChI=1S/C16H32N2O4S/c1-4-16(19)17-12-9-7-5-6-8-10-13-18(2,3)14-11-15-23(20,21)22/h4H,1,5-15H2,2-3H3,(H-,17,19,20,21,22)/p+1. The number of unbranched alkanes of at least 4 members (excludes halogenated alkanes) is 5. The van der Waals surface area contributed by atoms with Crippen LogP contribution in [0.2, 0.25) is 0 Å². The Bertz CT molecular complexity index is 447. The molecule has 7 heteroatoms. The lowest BCUT2D eigenvalue weighted by Gasteiger charge is -2.29. The number of quaternary nitrogens is 1. The molecular formula is C16H33N2O4S+. The van der Waals surface area contributed by atoms with E-state index in [1.807, 2.05) is 0 Å². The van der Waals surface area contributed by atoms with Gasteiger partial charge in [0.25, 0.3) is 10.1 Å². The third-order valence-electron chi connectivity index (χ3n) is 3.84. The summed E-state index contributed by atoms with van der Waals surface area (Å²) in [6.07, 6.45) is 8.52. The molecule has 0 aromatic carbocycles. The molecule has 0 aliphatic carbocycles. The predicted octanol–water partition coefficient (Wildman–Crippen LogP) is 1.98. The van der Waals surface area contributed by atoms with Crippen molar-refractivity contribution in [2.75, 3.05) is 39.5 Å². The van der Waals surface area contributed by atoms with E-state index >= 15 is 0 Å². The summed E-state index contributed by atoms with van der Waals surface area (Å²) in [6, 6.07) is 0. The highest BCUT2D eigenvalue weighted by Crippen LogP contribution is 2.09. The second-order valence-electron chi connectivity index (χ2n) is 6.64. The predicted molar refractivity (Wildman–Crippen MR) is 93.8 cm³/mol. The molecule has 136 valence electrons. The third-order valence-corrected chi connectivity index (χ3v) is 4.65. The molecule has 2 N–H and O–H groups in total. The lowest BCUT2D eigenvalue weighted by molar-refractivity contribution is -0.890. The number of hydrogen-bond donors (Lipinski definition) is 2. The molecule has 0 aromatic rings. The maximum Gasteiger partial charge on any atom is 0.265 e. The van der Waals surface area contributed by atoms with Crippen molar-refractivity contribution in [3.05, 3.63) is 12.7 Å². The minimum absolute atomic E-state index is 0.112. The van der Waals surface area contributed by atoms with Crippen molar-refractivity contribution < 1.29 is 22.2 Å². The number of nitrogens with one attached hydrogen (secondary N) is 1. The van der Waals surface area contributed by atoms with Crippen LogP contribution < -0.4 is 5.32 Å². The van der Waals surface area contributed by atoms with Gasteiger partial charge in [-0.05, 0) is 25.3 Å². The van der Waals surface area contributed by atoms with Crippen molar-refractivity contribution in [2.24, 2.45) is 0 Å². The van der Waals surface area contributed by atoms with Crippen LogP contribution in [0.1, 0.15) is 44.9 Å². The van der Waals surface area contributed by atoms with Gasteiger partial charge in [0, 0.05) is 13.0 Å². The van der Waals surface area contributed by atoms with Gasteiger partial charge in [0.05, 0.1) is 32.9 Å². The van der Waals surface area contributed by atoms with E-state index in [0.29, 0.717) is 13.0 Å². The van der Waals surface area contributed by atoms with Crippen molar-refractivity contribution in [3.8, 4) is 0 Å². The first-order chi connectivity index (χ1) is 10.7. The Kier molecular flexibility index (Phi) is 11.1. The van der Waals surface area contributed by atoms with Crippen molar-refractivity contribution in [2.45, 2.75) is 44.9 Å². The van der Waals surface area contributed by atoms with Crippen molar-refractivity contribution in [3.63, 3.8) is 0 Å². The highest BCUT2D eigenvalue weighted by atomic mass is 32.2. The molecule has 0 unspecified atom stereocenters. The van der Waals surface area contributed by atoms with Crippen LogP contribution in [-0.4, -0.2) is 62.8 Å². The Hall–Kier alpha value is -0.920. The summed E-state index contributed by atoms with van der Waals surface area (Å²) >= 11 is 0. The van der Waals surface area contributed by atoms with Crippen LogP contribution in [0.4, 0.5) is 0 Å². The van der Waals surface area contributed by atoms with Gasteiger partial charge in [0.1, 0.15) is 0 Å². The molecule has 0 saturated heterocycles. The average molecular weight is 350 g/mol. The van der Waals surface area contributed by atoms with Gasteiger partial charge in [-0.15, -0.1) is 0 Å². The van der Waals surface area contributed by atoms with E-state index in [-0.39, 0.29) is 11.7 Å². The van der Waals surface area contributed by atoms with Crippen LogP contribution in [0.3, 0.4) is 0 Å². The minimum atomic E-state index is -3.84. The maximum atomic E-state index is 10.9. The minimum Gasteiger partial charge on any atom is -0.353 e. The Labute approximate surface area is 141 Å². The molecule has 0 rings (SSSR count). The molecule has 0 spiro atoms. The van der Waals surface area contributed by atoms with Crippen LogP contribution in [0.5, 0.6) is 0 Å². The summed E-state index contributed by atoms with van der Waals surface area (Å²) in [6.45, 7) is 5.88. The molecule has 0 aliphatic rings. The van der Waals surface area contributed by atoms with E-state index in [0.717, 1.165) is 36.8 Å². The van der Waals surface area contributed by atoms with Crippen LogP contribution >= 0.6 is 0 Å². The monoisotopic (exact) mass is 349 g/mol. The lowest BCUT2D eigenvalue weighted by atomic mass is 10.1. The summed E-state index contributed by atoms with van der Waals surface area (Å²) in [5, 5.41) is 2.76. The quantitative estimate of drug-likeness (QED) is 0.217. The number of nitrogens with zero attached hydrogens (tertiary/aromatic N) is 1. The number of carbonyl (C=O) groups excluding carboxylic acids is 1. The highest BCUT2D eigenvalue weighted by molar-refractivity contribution is 7.85. The molecule has 1 amide bonds. The van der Waals surface area contributed by atoms with E-state index in [2.05, 4.69) is 26.0 Å². The van der Waals surface area contributed by atoms with Gasteiger partial charge in [0.15, 0.2) is 0 Å². The van der Waals surface area contributed by atoms with Gasteiger partial charge in [-0.2, -0.15) is 8.42 Å². The zero-order valence-electron chi connectivity index (χ0n) is 14.6. The molecule has 23 heavy (non-hydrogen) atoms. The number of rotatable bonds is 14. The number of amides is 1. The first-order valence-corrected chi connectivity index (χ1v) is 9.95. The fourth-order valence-electron chi connectivity index (χ4n) is 2.44. The first kappa shape index (κ1) is 22.1. The Morgan fingerprint density at radius 1 is 1.04 bits per heavy atom. The van der Waals surface area contributed by atoms with Crippen LogP contribution in [0.25, 0.3) is 0 Å². The van der Waals surface area contributed by atoms with E-state index < -0.39 is 10.1 Å². The summed E-state index contributed by atoms with van der Waals surface area (Å²) in [5.41, 5.74) is 0. The molecular weight excluding hydrogens is 316 g/mol. The number of carbonyl (C=O) groups is 1. The first-order valence-electron chi connectivity index (χ1n) is 8.34. The Balaban J connectivity index is 3.52. The maximum absolute atomic E-state index is 10.9. The van der Waals surface area contributed by atoms with E-state index in [4.69, 9.17) is 4.55 Å². The van der Waals surface area contributed by atoms with Crippen molar-refractivity contribution >= 4 is 16.0 Å². The second kappa shape index (κ2) is 11.6. The molecule has 6 nitrogen and oxygen atoms in total. The summed E-state index contributed by atoms with van der Waals surface area (Å²) in [4.78, 5) is 10.9. The molecule has 0 radical (unpaired) electrons. The molecule has 0 atom stereocenters. The highest BCUT2D eigenvalue weighted by Gasteiger charge is 2.16. The van der Waals surface area contributed by atoms with E-state index in [9.17, 15) is 13.2 Å². The van der Waals surface area contributed by atoms with E-state index in [1.54, 1.807) is 0 Å². The second-order valence-corrected chi connectivity index (χ2v) is 8.21. The van der Waals surface area contributed by atoms with Gasteiger partial charge >= 0.3 is 0 Å². The normalized spacial score (nSPS) is 12.1. The molecule has 0 aliphatic heterocycles. The fraction of sp³-hybridized carbons (Fsp3) is 0.812. The Morgan fingerprint density at radius 2 is 1.57 bits per heavy atom. The van der Waals surface area contributed by atoms with Crippen molar-refractivity contribution in [1.29, 1.82) is 0 Å². The van der Waals surface area contributed by atoms with Crippen LogP contribution in [0.15, 0.2) is 12.7 Å².